The molecule has 0 unspecified atom stereocenters. The van der Waals surface area contributed by atoms with E-state index >= 15 is 0 Å². The lowest BCUT2D eigenvalue weighted by molar-refractivity contribution is -0.274. The zero-order valence-electron chi connectivity index (χ0n) is 15.6. The van der Waals surface area contributed by atoms with Crippen molar-refractivity contribution in [1.82, 2.24) is 19.9 Å². The number of hydrogen-bond acceptors (Lipinski definition) is 5. The first-order chi connectivity index (χ1) is 14.3. The van der Waals surface area contributed by atoms with Crippen molar-refractivity contribution in [3.63, 3.8) is 0 Å². The molecule has 30 heavy (non-hydrogen) atoms. The van der Waals surface area contributed by atoms with Crippen LogP contribution in [-0.4, -0.2) is 40.2 Å². The van der Waals surface area contributed by atoms with Gasteiger partial charge in [0.2, 0.25) is 0 Å². The van der Waals surface area contributed by atoms with E-state index in [1.165, 1.54) is 28.9 Å². The maximum absolute atomic E-state index is 12.8. The van der Waals surface area contributed by atoms with Crippen molar-refractivity contribution in [2.45, 2.75) is 24.7 Å². The highest BCUT2D eigenvalue weighted by Gasteiger charge is 2.37. The molecule has 1 fully saturated rings. The van der Waals surface area contributed by atoms with Crippen LogP contribution in [-0.2, 0) is 10.3 Å². The highest BCUT2D eigenvalue weighted by Crippen LogP contribution is 2.35. The van der Waals surface area contributed by atoms with E-state index < -0.39 is 17.9 Å². The van der Waals surface area contributed by atoms with Gasteiger partial charge in [0.1, 0.15) is 11.4 Å². The molecule has 3 aromatic rings. The predicted molar refractivity (Wildman–Crippen MR) is 100.0 cm³/mol. The summed E-state index contributed by atoms with van der Waals surface area (Å²) in [5.41, 5.74) is 0.461. The maximum atomic E-state index is 12.8. The highest BCUT2D eigenvalue weighted by atomic mass is 19.4. The van der Waals surface area contributed by atoms with Crippen LogP contribution in [0.3, 0.4) is 0 Å². The van der Waals surface area contributed by atoms with E-state index in [-0.39, 0.29) is 5.75 Å². The van der Waals surface area contributed by atoms with Crippen LogP contribution in [0.5, 0.6) is 5.75 Å². The number of fused-ring (bicyclic) bond motifs is 1. The number of halogens is 3. The number of rotatable bonds is 4. The number of benzene rings is 1. The van der Waals surface area contributed by atoms with Crippen LogP contribution in [0.1, 0.15) is 18.4 Å². The van der Waals surface area contributed by atoms with Gasteiger partial charge >= 0.3 is 12.4 Å². The van der Waals surface area contributed by atoms with Gasteiger partial charge in [-0.1, -0.05) is 12.1 Å². The van der Waals surface area contributed by atoms with Crippen molar-refractivity contribution < 1.29 is 27.4 Å². The number of ether oxygens (including phenoxy) is 2. The fraction of sp³-hybridized carbons (Fsp3) is 0.316. The summed E-state index contributed by atoms with van der Waals surface area (Å²) in [4.78, 5) is 17.0. The fourth-order valence-electron chi connectivity index (χ4n) is 3.48. The second-order valence-corrected chi connectivity index (χ2v) is 6.80. The quantitative estimate of drug-likeness (QED) is 0.674. The molecule has 0 radical (unpaired) electrons. The summed E-state index contributed by atoms with van der Waals surface area (Å²) in [6, 6.07) is 6.80. The third-order valence-corrected chi connectivity index (χ3v) is 4.85. The zero-order valence-corrected chi connectivity index (χ0v) is 15.6. The Morgan fingerprint density at radius 2 is 2.03 bits per heavy atom. The van der Waals surface area contributed by atoms with Gasteiger partial charge in [0.15, 0.2) is 5.65 Å². The van der Waals surface area contributed by atoms with E-state index in [9.17, 15) is 18.0 Å². The van der Waals surface area contributed by atoms with Gasteiger partial charge in [-0.25, -0.2) is 14.3 Å². The Morgan fingerprint density at radius 1 is 1.23 bits per heavy atom. The second kappa shape index (κ2) is 7.82. The topological polar surface area (TPSA) is 89.8 Å². The van der Waals surface area contributed by atoms with Gasteiger partial charge in [0.05, 0.1) is 11.7 Å². The number of alkyl halides is 3. The summed E-state index contributed by atoms with van der Waals surface area (Å²) in [5.74, 6) is -0.347. The summed E-state index contributed by atoms with van der Waals surface area (Å²) in [5, 5.41) is 9.73. The molecule has 2 aromatic heterocycles. The maximum Gasteiger partial charge on any atom is 0.573 e. The van der Waals surface area contributed by atoms with Crippen LogP contribution in [0.15, 0.2) is 48.9 Å². The van der Waals surface area contributed by atoms with Gasteiger partial charge in [-0.3, -0.25) is 0 Å². The Morgan fingerprint density at radius 3 is 2.80 bits per heavy atom. The summed E-state index contributed by atoms with van der Waals surface area (Å²) in [6.45, 7) is 0.700. The number of aromatic nitrogens is 3. The normalized spacial score (nSPS) is 16.2. The van der Waals surface area contributed by atoms with E-state index in [1.807, 2.05) is 0 Å². The van der Waals surface area contributed by atoms with E-state index in [4.69, 9.17) is 4.74 Å². The van der Waals surface area contributed by atoms with Gasteiger partial charge in [0, 0.05) is 25.6 Å². The third-order valence-electron chi connectivity index (χ3n) is 4.85. The van der Waals surface area contributed by atoms with Crippen molar-refractivity contribution in [1.29, 1.82) is 0 Å². The van der Waals surface area contributed by atoms with Crippen molar-refractivity contribution in [2.24, 2.45) is 0 Å². The van der Waals surface area contributed by atoms with Crippen LogP contribution in [0, 0.1) is 0 Å². The number of hydrogen-bond donors (Lipinski definition) is 2. The average molecular weight is 421 g/mol. The molecule has 0 atom stereocenters. The Balaban J connectivity index is 1.58. The summed E-state index contributed by atoms with van der Waals surface area (Å²) in [6.07, 6.45) is 0.717. The number of nitrogens with one attached hydrogen (secondary N) is 2. The molecule has 0 saturated carbocycles. The zero-order chi connectivity index (χ0) is 21.2. The monoisotopic (exact) mass is 421 g/mol. The van der Waals surface area contributed by atoms with Crippen LogP contribution in [0.4, 0.5) is 23.7 Å². The molecule has 1 aliphatic heterocycles. The van der Waals surface area contributed by atoms with E-state index in [0.717, 1.165) is 0 Å². The first-order valence-corrected chi connectivity index (χ1v) is 9.16. The van der Waals surface area contributed by atoms with E-state index in [2.05, 4.69) is 25.5 Å². The van der Waals surface area contributed by atoms with Crippen molar-refractivity contribution in [2.75, 3.05) is 18.5 Å². The Labute approximate surface area is 169 Å². The van der Waals surface area contributed by atoms with Crippen LogP contribution >= 0.6 is 0 Å². The largest absolute Gasteiger partial charge is 0.573 e. The Kier molecular flexibility index (Phi) is 5.20. The van der Waals surface area contributed by atoms with Crippen molar-refractivity contribution >= 4 is 17.4 Å². The lowest BCUT2D eigenvalue weighted by Gasteiger charge is -2.38. The van der Waals surface area contributed by atoms with Gasteiger partial charge in [-0.2, -0.15) is 5.10 Å². The molecule has 158 valence electrons. The van der Waals surface area contributed by atoms with E-state index in [1.54, 1.807) is 24.5 Å². The minimum atomic E-state index is -4.80. The first-order valence-electron chi connectivity index (χ1n) is 9.16. The molecule has 2 N–H and O–H groups in total. The van der Waals surface area contributed by atoms with Gasteiger partial charge in [0.25, 0.3) is 0 Å². The lowest BCUT2D eigenvalue weighted by atomic mass is 9.82. The molecule has 1 saturated heterocycles. The SMILES string of the molecule is O=C(Nc1cnn2cccnc12)NC1(c2cccc(OC(F)(F)F)c2)CCOCC1. The predicted octanol–water partition coefficient (Wildman–Crippen LogP) is 3.46. The van der Waals surface area contributed by atoms with Crippen LogP contribution in [0.2, 0.25) is 0 Å². The molecule has 2 amide bonds. The molecule has 1 aromatic carbocycles. The molecular weight excluding hydrogens is 403 g/mol. The van der Waals surface area contributed by atoms with Crippen LogP contribution < -0.4 is 15.4 Å². The standard InChI is InChI=1S/C19H18F3N5O3/c20-19(21,22)30-14-4-1-3-13(11-14)18(5-9-29-10-6-18)26-17(28)25-15-12-24-27-8-2-7-23-16(15)27/h1-4,7-8,11-12H,5-6,9-10H2,(H2,25,26,28). The molecular formula is C19H18F3N5O3. The van der Waals surface area contributed by atoms with Crippen molar-refractivity contribution in [3.05, 3.63) is 54.5 Å². The highest BCUT2D eigenvalue weighted by molar-refractivity contribution is 5.93. The summed E-state index contributed by atoms with van der Waals surface area (Å²) >= 11 is 0. The molecule has 0 aliphatic carbocycles. The lowest BCUT2D eigenvalue weighted by Crippen LogP contribution is -2.50. The molecule has 3 heterocycles. The van der Waals surface area contributed by atoms with Gasteiger partial charge < -0.3 is 20.1 Å². The summed E-state index contributed by atoms with van der Waals surface area (Å²) < 4.78 is 48.8. The molecule has 4 rings (SSSR count). The number of amides is 2. The average Bonchev–Trinajstić information content (AvgIpc) is 3.10. The molecule has 0 bridgehead atoms. The van der Waals surface area contributed by atoms with Gasteiger partial charge in [-0.05, 0) is 36.6 Å². The number of nitrogens with zero attached hydrogens (tertiary/aromatic N) is 3. The molecule has 1 aliphatic rings. The number of urea groups is 1. The number of anilines is 1. The number of carbonyl (C=O) groups is 1. The smallest absolute Gasteiger partial charge is 0.406 e. The minimum Gasteiger partial charge on any atom is -0.406 e. The molecule has 11 heteroatoms. The van der Waals surface area contributed by atoms with E-state index in [0.29, 0.717) is 43.0 Å². The van der Waals surface area contributed by atoms with Crippen molar-refractivity contribution in [3.8, 4) is 5.75 Å². The van der Waals surface area contributed by atoms with Gasteiger partial charge in [-0.15, -0.1) is 13.2 Å². The summed E-state index contributed by atoms with van der Waals surface area (Å²) in [7, 11) is 0. The third kappa shape index (κ3) is 4.30. The fourth-order valence-corrected chi connectivity index (χ4v) is 3.48. The van der Waals surface area contributed by atoms with Crippen LogP contribution in [0.25, 0.3) is 5.65 Å². The molecule has 0 spiro atoms. The molecule has 8 nitrogen and oxygen atoms in total. The minimum absolute atomic E-state index is 0.347. The number of carbonyl (C=O) groups excluding carboxylic acids is 1. The first kappa shape index (κ1) is 20.0. The second-order valence-electron chi connectivity index (χ2n) is 6.80. The Hall–Kier alpha value is -3.34. The Bertz CT molecular complexity index is 1050.